The zero-order chi connectivity index (χ0) is 13.2. The minimum Gasteiger partial charge on any atom is -0.464 e. The third kappa shape index (κ3) is 2.36. The van der Waals surface area contributed by atoms with Gasteiger partial charge in [0.1, 0.15) is 5.75 Å². The summed E-state index contributed by atoms with van der Waals surface area (Å²) < 4.78 is 11.6. The Morgan fingerprint density at radius 2 is 2.11 bits per heavy atom. The number of hydrogen-bond acceptors (Lipinski definition) is 2. The summed E-state index contributed by atoms with van der Waals surface area (Å²) in [6.45, 7) is 6.87. The van der Waals surface area contributed by atoms with Crippen LogP contribution in [0, 0.1) is 5.92 Å². The highest BCUT2D eigenvalue weighted by Gasteiger charge is 2.24. The van der Waals surface area contributed by atoms with Crippen LogP contribution in [-0.2, 0) is 4.74 Å². The molecule has 0 N–H and O–H groups in total. The Labute approximate surface area is 113 Å². The summed E-state index contributed by atoms with van der Waals surface area (Å²) in [7, 11) is 0. The predicted molar refractivity (Wildman–Crippen MR) is 78.2 cm³/mol. The molecule has 0 saturated carbocycles. The van der Waals surface area contributed by atoms with Crippen LogP contribution in [0.5, 0.6) is 5.75 Å². The fourth-order valence-electron chi connectivity index (χ4n) is 2.55. The Kier molecular flexibility index (Phi) is 3.26. The summed E-state index contributed by atoms with van der Waals surface area (Å²) in [6, 6.07) is 12.4. The highest BCUT2D eigenvalue weighted by molar-refractivity contribution is 5.92. The second-order valence-electron chi connectivity index (χ2n) is 5.12. The molecule has 0 aromatic heterocycles. The van der Waals surface area contributed by atoms with Crippen LogP contribution in [0.25, 0.3) is 16.8 Å². The van der Waals surface area contributed by atoms with Crippen LogP contribution in [0.2, 0.25) is 0 Å². The van der Waals surface area contributed by atoms with E-state index in [9.17, 15) is 0 Å². The second kappa shape index (κ2) is 5.06. The van der Waals surface area contributed by atoms with Gasteiger partial charge in [-0.25, -0.2) is 0 Å². The Morgan fingerprint density at radius 1 is 1.26 bits per heavy atom. The van der Waals surface area contributed by atoms with Crippen LogP contribution in [0.1, 0.15) is 18.9 Å². The zero-order valence-electron chi connectivity index (χ0n) is 11.1. The van der Waals surface area contributed by atoms with Gasteiger partial charge in [-0.15, -0.1) is 0 Å². The van der Waals surface area contributed by atoms with Crippen molar-refractivity contribution in [1.82, 2.24) is 0 Å². The van der Waals surface area contributed by atoms with Crippen molar-refractivity contribution in [3.63, 3.8) is 0 Å². The van der Waals surface area contributed by atoms with Crippen molar-refractivity contribution >= 4 is 16.8 Å². The zero-order valence-corrected chi connectivity index (χ0v) is 11.1. The Balaban J connectivity index is 1.97. The molecule has 2 heteroatoms. The molecule has 1 fully saturated rings. The van der Waals surface area contributed by atoms with E-state index in [0.717, 1.165) is 24.3 Å². The van der Waals surface area contributed by atoms with Crippen LogP contribution in [0.3, 0.4) is 0 Å². The van der Waals surface area contributed by atoms with E-state index < -0.39 is 0 Å². The molecule has 2 aromatic rings. The van der Waals surface area contributed by atoms with E-state index in [0.29, 0.717) is 5.92 Å². The molecule has 0 spiro atoms. The average Bonchev–Trinajstić information content (AvgIpc) is 2.84. The van der Waals surface area contributed by atoms with Crippen molar-refractivity contribution in [2.75, 3.05) is 6.61 Å². The number of hydrogen-bond donors (Lipinski definition) is 0. The first-order valence-corrected chi connectivity index (χ1v) is 6.70. The van der Waals surface area contributed by atoms with Crippen molar-refractivity contribution in [2.45, 2.75) is 19.6 Å². The number of fused-ring (bicyclic) bond motifs is 1. The van der Waals surface area contributed by atoms with E-state index >= 15 is 0 Å². The average molecular weight is 254 g/mol. The van der Waals surface area contributed by atoms with E-state index in [1.165, 1.54) is 10.8 Å². The standard InChI is InChI=1S/C17H18O2/c1-3-14-15-7-5-4-6-13(15)8-9-16(14)19-17-10-12(2)11-18-17/h3-9,12,17H,1,10-11H2,2H3. The first kappa shape index (κ1) is 12.2. The smallest absolute Gasteiger partial charge is 0.200 e. The minimum absolute atomic E-state index is 0.130. The van der Waals surface area contributed by atoms with Gasteiger partial charge in [-0.1, -0.05) is 49.9 Å². The summed E-state index contributed by atoms with van der Waals surface area (Å²) in [6.07, 6.45) is 2.68. The summed E-state index contributed by atoms with van der Waals surface area (Å²) >= 11 is 0. The number of rotatable bonds is 3. The molecule has 19 heavy (non-hydrogen) atoms. The van der Waals surface area contributed by atoms with E-state index in [1.807, 2.05) is 24.3 Å². The fourth-order valence-corrected chi connectivity index (χ4v) is 2.55. The quantitative estimate of drug-likeness (QED) is 0.815. The molecule has 2 aromatic carbocycles. The second-order valence-corrected chi connectivity index (χ2v) is 5.12. The van der Waals surface area contributed by atoms with Crippen LogP contribution in [0.15, 0.2) is 43.0 Å². The largest absolute Gasteiger partial charge is 0.464 e. The third-order valence-corrected chi connectivity index (χ3v) is 3.55. The summed E-state index contributed by atoms with van der Waals surface area (Å²) in [4.78, 5) is 0. The molecule has 0 aliphatic carbocycles. The van der Waals surface area contributed by atoms with E-state index in [1.54, 1.807) is 0 Å². The van der Waals surface area contributed by atoms with E-state index in [2.05, 4.69) is 31.7 Å². The van der Waals surface area contributed by atoms with Gasteiger partial charge in [-0.05, 0) is 22.8 Å². The fraction of sp³-hybridized carbons (Fsp3) is 0.294. The summed E-state index contributed by atoms with van der Waals surface area (Å²) in [5.74, 6) is 1.42. The third-order valence-electron chi connectivity index (χ3n) is 3.55. The van der Waals surface area contributed by atoms with Gasteiger partial charge in [0.15, 0.2) is 6.29 Å². The van der Waals surface area contributed by atoms with Crippen LogP contribution >= 0.6 is 0 Å². The normalized spacial score (nSPS) is 22.6. The van der Waals surface area contributed by atoms with Gasteiger partial charge in [0.25, 0.3) is 0 Å². The van der Waals surface area contributed by atoms with Crippen molar-refractivity contribution in [2.24, 2.45) is 5.92 Å². The summed E-state index contributed by atoms with van der Waals surface area (Å²) in [5.41, 5.74) is 1.04. The van der Waals surface area contributed by atoms with Gasteiger partial charge in [0, 0.05) is 12.0 Å². The lowest BCUT2D eigenvalue weighted by Gasteiger charge is -2.16. The van der Waals surface area contributed by atoms with Gasteiger partial charge >= 0.3 is 0 Å². The van der Waals surface area contributed by atoms with Gasteiger partial charge in [-0.2, -0.15) is 0 Å². The molecule has 0 radical (unpaired) electrons. The molecule has 1 heterocycles. The maximum atomic E-state index is 5.98. The topological polar surface area (TPSA) is 18.5 Å². The molecule has 98 valence electrons. The van der Waals surface area contributed by atoms with Crippen LogP contribution < -0.4 is 4.74 Å². The minimum atomic E-state index is -0.130. The highest BCUT2D eigenvalue weighted by Crippen LogP contribution is 2.31. The lowest BCUT2D eigenvalue weighted by Crippen LogP contribution is -2.14. The number of benzene rings is 2. The number of ether oxygens (including phenoxy) is 2. The molecule has 2 unspecified atom stereocenters. The molecule has 2 atom stereocenters. The maximum absolute atomic E-state index is 5.98. The monoisotopic (exact) mass is 254 g/mol. The van der Waals surface area contributed by atoms with Crippen molar-refractivity contribution in [1.29, 1.82) is 0 Å². The lowest BCUT2D eigenvalue weighted by atomic mass is 10.0. The Bertz CT molecular complexity index is 603. The Hall–Kier alpha value is -1.80. The van der Waals surface area contributed by atoms with Crippen molar-refractivity contribution < 1.29 is 9.47 Å². The van der Waals surface area contributed by atoms with Crippen LogP contribution in [0.4, 0.5) is 0 Å². The van der Waals surface area contributed by atoms with Gasteiger partial charge in [0.05, 0.1) is 6.61 Å². The first-order chi connectivity index (χ1) is 9.28. The molecular weight excluding hydrogens is 236 g/mol. The van der Waals surface area contributed by atoms with E-state index in [-0.39, 0.29) is 6.29 Å². The molecule has 1 aliphatic heterocycles. The molecule has 0 bridgehead atoms. The van der Waals surface area contributed by atoms with Gasteiger partial charge in [0.2, 0.25) is 0 Å². The molecule has 2 nitrogen and oxygen atoms in total. The molecule has 1 saturated heterocycles. The van der Waals surface area contributed by atoms with Crippen LogP contribution in [-0.4, -0.2) is 12.9 Å². The molecule has 1 aliphatic rings. The lowest BCUT2D eigenvalue weighted by molar-refractivity contribution is -0.0393. The van der Waals surface area contributed by atoms with Crippen molar-refractivity contribution in [3.8, 4) is 5.75 Å². The molecule has 3 rings (SSSR count). The predicted octanol–water partition coefficient (Wildman–Crippen LogP) is 4.24. The van der Waals surface area contributed by atoms with Gasteiger partial charge in [-0.3, -0.25) is 0 Å². The maximum Gasteiger partial charge on any atom is 0.200 e. The molecular formula is C17H18O2. The first-order valence-electron chi connectivity index (χ1n) is 6.70. The Morgan fingerprint density at radius 3 is 2.84 bits per heavy atom. The SMILES string of the molecule is C=Cc1c(OC2CC(C)CO2)ccc2ccccc12. The summed E-state index contributed by atoms with van der Waals surface area (Å²) in [5, 5.41) is 2.37. The molecule has 0 amide bonds. The highest BCUT2D eigenvalue weighted by atomic mass is 16.7. The van der Waals surface area contributed by atoms with Gasteiger partial charge < -0.3 is 9.47 Å². The van der Waals surface area contributed by atoms with Crippen molar-refractivity contribution in [3.05, 3.63) is 48.5 Å². The van der Waals surface area contributed by atoms with E-state index in [4.69, 9.17) is 9.47 Å².